The Bertz CT molecular complexity index is 362. The maximum Gasteiger partial charge on any atom is 0.223 e. The average Bonchev–Trinajstić information content (AvgIpc) is 2.24. The zero-order chi connectivity index (χ0) is 13.6. The van der Waals surface area contributed by atoms with Gasteiger partial charge in [-0.2, -0.15) is 0 Å². The average molecular weight is 251 g/mol. The number of ether oxygens (including phenoxy) is 1. The molecule has 1 aliphatic carbocycles. The highest BCUT2D eigenvalue weighted by molar-refractivity contribution is 5.74. The van der Waals surface area contributed by atoms with Gasteiger partial charge in [-0.05, 0) is 18.4 Å². The van der Waals surface area contributed by atoms with Gasteiger partial charge in [-0.1, -0.05) is 25.7 Å². The van der Waals surface area contributed by atoms with E-state index in [2.05, 4.69) is 18.5 Å². The summed E-state index contributed by atoms with van der Waals surface area (Å²) < 4.78 is 5.35. The van der Waals surface area contributed by atoms with Gasteiger partial charge in [-0.3, -0.25) is 10.1 Å². The predicted molar refractivity (Wildman–Crippen MR) is 70.6 cm³/mol. The van der Waals surface area contributed by atoms with Crippen LogP contribution in [-0.2, 0) is 9.53 Å². The minimum atomic E-state index is -0.235. The summed E-state index contributed by atoms with van der Waals surface area (Å²) in [5.74, 6) is 0.150. The number of nitrogens with one attached hydrogen (secondary N) is 1. The van der Waals surface area contributed by atoms with Crippen LogP contribution in [0.1, 0.15) is 26.2 Å². The molecule has 0 spiro atoms. The van der Waals surface area contributed by atoms with E-state index in [1.807, 2.05) is 0 Å². The molecule has 4 heteroatoms. The van der Waals surface area contributed by atoms with Crippen LogP contribution in [0, 0.1) is 5.41 Å². The normalized spacial score (nSPS) is 17.6. The number of aliphatic hydroxyl groups is 1. The van der Waals surface area contributed by atoms with Gasteiger partial charge in [0.25, 0.3) is 0 Å². The molecule has 18 heavy (non-hydrogen) atoms. The minimum Gasteiger partial charge on any atom is -0.475 e. The van der Waals surface area contributed by atoms with Crippen LogP contribution < -0.4 is 5.32 Å². The first-order valence-corrected chi connectivity index (χ1v) is 6.07. The molecule has 4 nitrogen and oxygen atoms in total. The minimum absolute atomic E-state index is 0.0805. The molecule has 0 aromatic rings. The molecular formula is C14H21NO3. The maximum atomic E-state index is 11.1. The standard InChI is InChI=1S/C14H21NO3/c1-4-8-18-13(15-12(3)17)9-11(2)14(10-16)6-5-7-14/h4,9,16H,1-2,5-8,10H2,3H3,(H,15,17)/b13-9-. The van der Waals surface area contributed by atoms with Crippen molar-refractivity contribution in [3.63, 3.8) is 0 Å². The fraction of sp³-hybridized carbons (Fsp3) is 0.500. The summed E-state index contributed by atoms with van der Waals surface area (Å²) in [6.07, 6.45) is 6.24. The van der Waals surface area contributed by atoms with Crippen LogP contribution in [0.25, 0.3) is 0 Å². The van der Waals surface area contributed by atoms with Crippen molar-refractivity contribution in [2.45, 2.75) is 26.2 Å². The van der Waals surface area contributed by atoms with Crippen molar-refractivity contribution in [2.24, 2.45) is 5.41 Å². The Morgan fingerprint density at radius 1 is 1.56 bits per heavy atom. The summed E-state index contributed by atoms with van der Waals surface area (Å²) in [5, 5.41) is 12.0. The summed E-state index contributed by atoms with van der Waals surface area (Å²) in [7, 11) is 0. The Balaban J connectivity index is 2.75. The van der Waals surface area contributed by atoms with Crippen LogP contribution in [0.2, 0.25) is 0 Å². The maximum absolute atomic E-state index is 11.1. The third-order valence-corrected chi connectivity index (χ3v) is 3.26. The van der Waals surface area contributed by atoms with Gasteiger partial charge in [0.15, 0.2) is 5.88 Å². The number of aliphatic hydroxyl groups excluding tert-OH is 1. The summed E-state index contributed by atoms with van der Waals surface area (Å²) in [6, 6.07) is 0. The van der Waals surface area contributed by atoms with Gasteiger partial charge < -0.3 is 9.84 Å². The van der Waals surface area contributed by atoms with E-state index < -0.39 is 0 Å². The van der Waals surface area contributed by atoms with Crippen molar-refractivity contribution in [1.29, 1.82) is 0 Å². The molecule has 0 saturated heterocycles. The molecule has 1 saturated carbocycles. The Hall–Kier alpha value is -1.55. The van der Waals surface area contributed by atoms with Crippen molar-refractivity contribution in [3.8, 4) is 0 Å². The van der Waals surface area contributed by atoms with Crippen LogP contribution in [0.4, 0.5) is 0 Å². The highest BCUT2D eigenvalue weighted by Crippen LogP contribution is 2.46. The molecule has 0 unspecified atom stereocenters. The fourth-order valence-electron chi connectivity index (χ4n) is 1.93. The Labute approximate surface area is 108 Å². The molecule has 0 aromatic carbocycles. The Kier molecular flexibility index (Phi) is 5.16. The molecule has 0 bridgehead atoms. The highest BCUT2D eigenvalue weighted by Gasteiger charge is 2.38. The largest absolute Gasteiger partial charge is 0.475 e. The van der Waals surface area contributed by atoms with Gasteiger partial charge in [0.1, 0.15) is 6.61 Å². The SMILES string of the molecule is C=CCO/C(=C\C(=C)C1(CO)CCC1)NC(C)=O. The quantitative estimate of drug-likeness (QED) is 0.412. The van der Waals surface area contributed by atoms with Crippen molar-refractivity contribution >= 4 is 5.91 Å². The van der Waals surface area contributed by atoms with E-state index in [1.165, 1.54) is 6.92 Å². The second kappa shape index (κ2) is 6.40. The zero-order valence-electron chi connectivity index (χ0n) is 10.9. The second-order valence-electron chi connectivity index (χ2n) is 4.61. The van der Waals surface area contributed by atoms with Crippen molar-refractivity contribution in [1.82, 2.24) is 5.32 Å². The molecule has 0 heterocycles. The van der Waals surface area contributed by atoms with Crippen LogP contribution in [0.3, 0.4) is 0 Å². The molecule has 0 atom stereocenters. The lowest BCUT2D eigenvalue weighted by molar-refractivity contribution is -0.119. The first-order valence-electron chi connectivity index (χ1n) is 6.07. The number of hydrogen-bond acceptors (Lipinski definition) is 3. The topological polar surface area (TPSA) is 58.6 Å². The smallest absolute Gasteiger partial charge is 0.223 e. The van der Waals surface area contributed by atoms with Gasteiger partial charge in [-0.25, -0.2) is 0 Å². The number of carbonyl (C=O) groups excluding carboxylic acids is 1. The Morgan fingerprint density at radius 3 is 2.61 bits per heavy atom. The summed E-state index contributed by atoms with van der Waals surface area (Å²) in [4.78, 5) is 11.1. The number of allylic oxidation sites excluding steroid dienone is 1. The molecule has 0 aromatic heterocycles. The van der Waals surface area contributed by atoms with E-state index in [1.54, 1.807) is 12.2 Å². The first-order chi connectivity index (χ1) is 8.54. The lowest BCUT2D eigenvalue weighted by Gasteiger charge is -2.41. The third-order valence-electron chi connectivity index (χ3n) is 3.26. The second-order valence-corrected chi connectivity index (χ2v) is 4.61. The van der Waals surface area contributed by atoms with Crippen molar-refractivity contribution in [3.05, 3.63) is 36.8 Å². The first kappa shape index (κ1) is 14.5. The summed E-state index contributed by atoms with van der Waals surface area (Å²) in [6.45, 7) is 9.34. The fourth-order valence-corrected chi connectivity index (χ4v) is 1.93. The number of rotatable bonds is 7. The molecule has 1 amide bonds. The van der Waals surface area contributed by atoms with E-state index in [0.717, 1.165) is 24.8 Å². The van der Waals surface area contributed by atoms with E-state index in [-0.39, 0.29) is 17.9 Å². The zero-order valence-corrected chi connectivity index (χ0v) is 10.9. The van der Waals surface area contributed by atoms with Gasteiger partial charge in [0, 0.05) is 18.4 Å². The van der Waals surface area contributed by atoms with E-state index in [4.69, 9.17) is 4.74 Å². The van der Waals surface area contributed by atoms with Crippen LogP contribution >= 0.6 is 0 Å². The van der Waals surface area contributed by atoms with Gasteiger partial charge in [-0.15, -0.1) is 0 Å². The molecule has 0 radical (unpaired) electrons. The number of carbonyl (C=O) groups is 1. The van der Waals surface area contributed by atoms with Crippen LogP contribution in [0.15, 0.2) is 36.8 Å². The number of amides is 1. The summed E-state index contributed by atoms with van der Waals surface area (Å²) >= 11 is 0. The molecule has 1 fully saturated rings. The van der Waals surface area contributed by atoms with Gasteiger partial charge in [0.05, 0.1) is 6.61 Å². The Morgan fingerprint density at radius 2 is 2.22 bits per heavy atom. The molecule has 2 N–H and O–H groups in total. The van der Waals surface area contributed by atoms with Gasteiger partial charge in [0.2, 0.25) is 5.91 Å². The predicted octanol–water partition coefficient (Wildman–Crippen LogP) is 1.89. The third kappa shape index (κ3) is 3.47. The van der Waals surface area contributed by atoms with E-state index in [9.17, 15) is 9.90 Å². The van der Waals surface area contributed by atoms with Crippen molar-refractivity contribution < 1.29 is 14.6 Å². The van der Waals surface area contributed by atoms with E-state index >= 15 is 0 Å². The molecule has 1 aliphatic rings. The van der Waals surface area contributed by atoms with E-state index in [0.29, 0.717) is 12.5 Å². The highest BCUT2D eigenvalue weighted by atomic mass is 16.5. The van der Waals surface area contributed by atoms with Crippen LogP contribution in [0.5, 0.6) is 0 Å². The summed E-state index contributed by atoms with van der Waals surface area (Å²) in [5.41, 5.74) is 0.561. The van der Waals surface area contributed by atoms with Gasteiger partial charge >= 0.3 is 0 Å². The van der Waals surface area contributed by atoms with Crippen LogP contribution in [-0.4, -0.2) is 24.2 Å². The lowest BCUT2D eigenvalue weighted by Crippen LogP contribution is -2.35. The molecule has 0 aliphatic heterocycles. The number of hydrogen-bond donors (Lipinski definition) is 2. The monoisotopic (exact) mass is 251 g/mol. The molecular weight excluding hydrogens is 230 g/mol. The van der Waals surface area contributed by atoms with Crippen molar-refractivity contribution in [2.75, 3.05) is 13.2 Å². The molecule has 1 rings (SSSR count). The molecule has 100 valence electrons. The lowest BCUT2D eigenvalue weighted by atomic mass is 9.65.